The average Bonchev–Trinajstić information content (AvgIpc) is 2.21. The Hall–Kier alpha value is -0.750. The van der Waals surface area contributed by atoms with Gasteiger partial charge in [-0.15, -0.1) is 0 Å². The molecule has 0 aliphatic rings. The molecule has 0 unspecified atom stereocenters. The molecule has 90 valence electrons. The molecule has 0 aliphatic heterocycles. The smallest absolute Gasteiger partial charge is 0.273 e. The summed E-state index contributed by atoms with van der Waals surface area (Å²) >= 11 is 3.51. The van der Waals surface area contributed by atoms with Gasteiger partial charge >= 0.3 is 6.15 Å². The minimum atomic E-state index is -0.649. The van der Waals surface area contributed by atoms with Gasteiger partial charge in [-0.25, -0.2) is 8.78 Å². The first-order valence-electron chi connectivity index (χ1n) is 4.07. The van der Waals surface area contributed by atoms with Crippen LogP contribution in [-0.2, 0) is 9.59 Å². The van der Waals surface area contributed by atoms with Gasteiger partial charge in [0.15, 0.2) is 0 Å². The van der Waals surface area contributed by atoms with Crippen LogP contribution in [0.5, 0.6) is 0 Å². The maximum Gasteiger partial charge on any atom is 0.373 e. The van der Waals surface area contributed by atoms with Gasteiger partial charge in [0.2, 0.25) is 0 Å². The molecule has 0 saturated heterocycles. The van der Waals surface area contributed by atoms with E-state index in [2.05, 4.69) is 15.9 Å². The summed E-state index contributed by atoms with van der Waals surface area (Å²) in [5.74, 6) is -1.30. The fourth-order valence-electron chi connectivity index (χ4n) is 0.642. The summed E-state index contributed by atoms with van der Waals surface area (Å²) in [7, 11) is 0. The van der Waals surface area contributed by atoms with Crippen molar-refractivity contribution in [1.29, 1.82) is 0 Å². The molecule has 0 fully saturated rings. The lowest BCUT2D eigenvalue weighted by Crippen LogP contribution is -1.90. The van der Waals surface area contributed by atoms with Crippen LogP contribution >= 0.6 is 27.9 Å². The van der Waals surface area contributed by atoms with Gasteiger partial charge < -0.3 is 0 Å². The van der Waals surface area contributed by atoms with Crippen LogP contribution in [0, 0.1) is 11.6 Å². The van der Waals surface area contributed by atoms with Crippen molar-refractivity contribution >= 4 is 34.0 Å². The lowest BCUT2D eigenvalue weighted by molar-refractivity contribution is -0.191. The molecule has 0 bridgehead atoms. The van der Waals surface area contributed by atoms with Gasteiger partial charge in [0.05, 0.1) is 4.90 Å². The average molecular weight is 314 g/mol. The van der Waals surface area contributed by atoms with Crippen LogP contribution in [0.2, 0.25) is 0 Å². The van der Waals surface area contributed by atoms with E-state index in [9.17, 15) is 8.78 Å². The van der Waals surface area contributed by atoms with Crippen molar-refractivity contribution in [2.24, 2.45) is 5.14 Å². The Kier molecular flexibility index (Phi) is 11.9. The molecular weight excluding hydrogens is 304 g/mol. The summed E-state index contributed by atoms with van der Waals surface area (Å²) < 4.78 is 25.8. The Morgan fingerprint density at radius 1 is 1.25 bits per heavy atom. The van der Waals surface area contributed by atoms with E-state index in [0.717, 1.165) is 12.1 Å². The van der Waals surface area contributed by atoms with E-state index in [0.29, 0.717) is 16.4 Å². The highest BCUT2D eigenvalue weighted by Gasteiger charge is 2.08. The van der Waals surface area contributed by atoms with Gasteiger partial charge in [-0.1, -0.05) is 29.8 Å². The quantitative estimate of drug-likeness (QED) is 0.809. The summed E-state index contributed by atoms with van der Waals surface area (Å²) in [6.07, 6.45) is 0.250. The van der Waals surface area contributed by atoms with Crippen molar-refractivity contribution in [3.05, 3.63) is 28.2 Å². The maximum atomic E-state index is 12.7. The molecule has 1 rings (SSSR count). The van der Waals surface area contributed by atoms with Crippen LogP contribution in [-0.4, -0.2) is 6.15 Å². The van der Waals surface area contributed by atoms with E-state index in [4.69, 9.17) is 14.7 Å². The van der Waals surface area contributed by atoms with Gasteiger partial charge in [-0.05, 0) is 24.1 Å². The lowest BCUT2D eigenvalue weighted by Gasteiger charge is -2.00. The van der Waals surface area contributed by atoms with Gasteiger partial charge in [-0.2, -0.15) is 9.59 Å². The molecule has 7 heteroatoms. The highest BCUT2D eigenvalue weighted by Crippen LogP contribution is 2.24. The molecule has 0 heterocycles. The molecule has 0 aliphatic carbocycles. The summed E-state index contributed by atoms with van der Waals surface area (Å²) in [6, 6.07) is 2.33. The topological polar surface area (TPSA) is 60.2 Å². The van der Waals surface area contributed by atoms with Crippen molar-refractivity contribution in [3.8, 4) is 0 Å². The van der Waals surface area contributed by atoms with Crippen LogP contribution in [0.3, 0.4) is 0 Å². The van der Waals surface area contributed by atoms with E-state index < -0.39 is 11.6 Å². The monoisotopic (exact) mass is 313 g/mol. The van der Waals surface area contributed by atoms with Gasteiger partial charge in [0.1, 0.15) is 11.6 Å². The van der Waals surface area contributed by atoms with Crippen molar-refractivity contribution < 1.29 is 18.4 Å². The van der Waals surface area contributed by atoms with Crippen LogP contribution < -0.4 is 5.14 Å². The van der Waals surface area contributed by atoms with Gasteiger partial charge in [-0.3, -0.25) is 5.14 Å². The predicted octanol–water partition coefficient (Wildman–Crippen LogP) is 3.14. The van der Waals surface area contributed by atoms with Crippen molar-refractivity contribution in [2.45, 2.75) is 18.7 Å². The number of carbonyl (C=O) groups excluding carboxylic acids is 2. The van der Waals surface area contributed by atoms with Crippen LogP contribution in [0.4, 0.5) is 8.78 Å². The zero-order valence-corrected chi connectivity index (χ0v) is 11.0. The molecule has 0 amide bonds. The third kappa shape index (κ3) is 6.68. The Morgan fingerprint density at radius 3 is 1.81 bits per heavy atom. The second-order valence-electron chi connectivity index (χ2n) is 1.90. The minimum Gasteiger partial charge on any atom is -0.273 e. The Morgan fingerprint density at radius 2 is 1.56 bits per heavy atom. The zero-order valence-electron chi connectivity index (χ0n) is 8.59. The van der Waals surface area contributed by atoms with E-state index in [-0.39, 0.29) is 11.0 Å². The SMILES string of the molecule is CC.NSc1c(F)cc(Br)cc1F.O=C=O. The summed E-state index contributed by atoms with van der Waals surface area (Å²) in [6.45, 7) is 4.00. The normalized spacial score (nSPS) is 7.88. The summed E-state index contributed by atoms with van der Waals surface area (Å²) in [5, 5.41) is 5.02. The number of rotatable bonds is 1. The van der Waals surface area contributed by atoms with Crippen LogP contribution in [0.15, 0.2) is 21.5 Å². The van der Waals surface area contributed by atoms with E-state index >= 15 is 0 Å². The molecule has 0 spiro atoms. The molecule has 2 N–H and O–H groups in total. The van der Waals surface area contributed by atoms with E-state index in [1.807, 2.05) is 13.8 Å². The molecule has 1 aromatic rings. The molecule has 0 radical (unpaired) electrons. The Balaban J connectivity index is 0. The first-order chi connectivity index (χ1) is 7.56. The van der Waals surface area contributed by atoms with Gasteiger partial charge in [0.25, 0.3) is 0 Å². The van der Waals surface area contributed by atoms with Crippen molar-refractivity contribution in [1.82, 2.24) is 0 Å². The lowest BCUT2D eigenvalue weighted by atomic mass is 10.3. The molecule has 1 aromatic carbocycles. The minimum absolute atomic E-state index is 0.159. The highest BCUT2D eigenvalue weighted by atomic mass is 79.9. The molecule has 0 atom stereocenters. The van der Waals surface area contributed by atoms with Crippen molar-refractivity contribution in [2.75, 3.05) is 0 Å². The third-order valence-corrected chi connectivity index (χ3v) is 2.16. The van der Waals surface area contributed by atoms with E-state index in [1.54, 1.807) is 0 Å². The second kappa shape index (κ2) is 10.8. The molecule has 0 aromatic heterocycles. The number of hydrogen-bond donors (Lipinski definition) is 1. The first-order valence-corrected chi connectivity index (χ1v) is 5.74. The summed E-state index contributed by atoms with van der Waals surface area (Å²) in [4.78, 5) is 16.1. The molecular formula is C9H10BrF2NO2S. The highest BCUT2D eigenvalue weighted by molar-refractivity contribution is 9.10. The Bertz CT molecular complexity index is 334. The van der Waals surface area contributed by atoms with Crippen molar-refractivity contribution in [3.63, 3.8) is 0 Å². The fraction of sp³-hybridized carbons (Fsp3) is 0.222. The number of halogens is 3. The number of hydrogen-bond acceptors (Lipinski definition) is 4. The maximum absolute atomic E-state index is 12.7. The van der Waals surface area contributed by atoms with E-state index in [1.165, 1.54) is 0 Å². The Labute approximate surface area is 105 Å². The number of nitrogens with two attached hydrogens (primary N) is 1. The molecule has 3 nitrogen and oxygen atoms in total. The largest absolute Gasteiger partial charge is 0.373 e. The van der Waals surface area contributed by atoms with Crippen LogP contribution in [0.25, 0.3) is 0 Å². The predicted molar refractivity (Wildman–Crippen MR) is 60.5 cm³/mol. The standard InChI is InChI=1S/C6H4BrF2NS.C2H6.CO2/c7-3-1-4(8)6(11-10)5(9)2-3;1-2;2-1-3/h1-2H,10H2;1-2H3;. The van der Waals surface area contributed by atoms with Gasteiger partial charge in [0, 0.05) is 4.47 Å². The first kappa shape index (κ1) is 17.6. The molecule has 16 heavy (non-hydrogen) atoms. The summed E-state index contributed by atoms with van der Waals surface area (Å²) in [5.41, 5.74) is 0. The second-order valence-corrected chi connectivity index (χ2v) is 3.46. The molecule has 0 saturated carbocycles. The fourth-order valence-corrected chi connectivity index (χ4v) is 1.39. The number of benzene rings is 1. The zero-order chi connectivity index (χ0) is 13.1. The van der Waals surface area contributed by atoms with Crippen LogP contribution in [0.1, 0.15) is 13.8 Å². The third-order valence-electron chi connectivity index (χ3n) is 1.08.